The average Bonchev–Trinajstić information content (AvgIpc) is 2.29. The molecule has 0 saturated heterocycles. The van der Waals surface area contributed by atoms with Crippen LogP contribution in [0.5, 0.6) is 5.75 Å². The van der Waals surface area contributed by atoms with Gasteiger partial charge < -0.3 is 5.11 Å². The van der Waals surface area contributed by atoms with Crippen LogP contribution in [0.3, 0.4) is 0 Å². The molecule has 94 valence electrons. The minimum absolute atomic E-state index is 0.0523. The molecule has 1 N–H and O–H groups in total. The first kappa shape index (κ1) is 12.6. The standard InChI is InChI=1S/C13H11FO3S/c1-18(16,17)9-6-7-10(12(14)8-9)11-4-2-3-5-13(11)15/h2-8,15H,1H3. The lowest BCUT2D eigenvalue weighted by Crippen LogP contribution is -1.98. The van der Waals surface area contributed by atoms with Crippen LogP contribution in [0.1, 0.15) is 0 Å². The molecule has 0 spiro atoms. The first-order valence-electron chi connectivity index (χ1n) is 5.17. The maximum atomic E-state index is 13.9. The molecule has 0 heterocycles. The summed E-state index contributed by atoms with van der Waals surface area (Å²) < 4.78 is 36.4. The van der Waals surface area contributed by atoms with E-state index in [1.165, 1.54) is 18.2 Å². The van der Waals surface area contributed by atoms with Gasteiger partial charge in [-0.3, -0.25) is 0 Å². The Hall–Kier alpha value is -1.88. The van der Waals surface area contributed by atoms with E-state index < -0.39 is 15.7 Å². The molecule has 0 atom stereocenters. The molecule has 0 amide bonds. The molecule has 2 aromatic rings. The molecule has 0 unspecified atom stereocenters. The normalized spacial score (nSPS) is 11.4. The quantitative estimate of drug-likeness (QED) is 0.909. The van der Waals surface area contributed by atoms with Crippen molar-refractivity contribution in [1.29, 1.82) is 0 Å². The maximum absolute atomic E-state index is 13.9. The summed E-state index contributed by atoms with van der Waals surface area (Å²) in [7, 11) is -3.44. The van der Waals surface area contributed by atoms with E-state index in [9.17, 15) is 17.9 Å². The van der Waals surface area contributed by atoms with E-state index in [4.69, 9.17) is 0 Å². The molecule has 2 aromatic carbocycles. The van der Waals surface area contributed by atoms with Crippen LogP contribution in [0.25, 0.3) is 11.1 Å². The van der Waals surface area contributed by atoms with Gasteiger partial charge in [0.05, 0.1) is 4.90 Å². The fraction of sp³-hybridized carbons (Fsp3) is 0.0769. The summed E-state index contributed by atoms with van der Waals surface area (Å²) in [6.07, 6.45) is 1.02. The molecule has 0 aliphatic carbocycles. The van der Waals surface area contributed by atoms with Gasteiger partial charge in [0.2, 0.25) is 0 Å². The van der Waals surface area contributed by atoms with Gasteiger partial charge in [-0.05, 0) is 18.2 Å². The molecular weight excluding hydrogens is 255 g/mol. The second kappa shape index (κ2) is 4.42. The van der Waals surface area contributed by atoms with Gasteiger partial charge in [-0.25, -0.2) is 12.8 Å². The van der Waals surface area contributed by atoms with Gasteiger partial charge >= 0.3 is 0 Å². The topological polar surface area (TPSA) is 54.4 Å². The molecule has 3 nitrogen and oxygen atoms in total. The van der Waals surface area contributed by atoms with Crippen LogP contribution in [-0.2, 0) is 9.84 Å². The number of phenolic OH excluding ortho intramolecular Hbond substituents is 1. The number of sulfone groups is 1. The minimum atomic E-state index is -3.44. The van der Waals surface area contributed by atoms with Crippen molar-refractivity contribution in [3.05, 3.63) is 48.3 Å². The van der Waals surface area contributed by atoms with Crippen LogP contribution in [0.4, 0.5) is 4.39 Å². The van der Waals surface area contributed by atoms with E-state index in [2.05, 4.69) is 0 Å². The number of para-hydroxylation sites is 1. The van der Waals surface area contributed by atoms with Crippen molar-refractivity contribution >= 4 is 9.84 Å². The predicted molar refractivity (Wildman–Crippen MR) is 66.6 cm³/mol. The van der Waals surface area contributed by atoms with Gasteiger partial charge in [-0.15, -0.1) is 0 Å². The van der Waals surface area contributed by atoms with Gasteiger partial charge in [0, 0.05) is 17.4 Å². The highest BCUT2D eigenvalue weighted by molar-refractivity contribution is 7.90. The molecule has 5 heteroatoms. The summed E-state index contributed by atoms with van der Waals surface area (Å²) in [5, 5.41) is 9.63. The zero-order chi connectivity index (χ0) is 13.3. The highest BCUT2D eigenvalue weighted by atomic mass is 32.2. The Morgan fingerprint density at radius 2 is 1.72 bits per heavy atom. The lowest BCUT2D eigenvalue weighted by molar-refractivity contribution is 0.476. The second-order valence-electron chi connectivity index (χ2n) is 3.93. The Labute approximate surface area is 104 Å². The first-order valence-corrected chi connectivity index (χ1v) is 7.07. The Kier molecular flexibility index (Phi) is 3.09. The van der Waals surface area contributed by atoms with Gasteiger partial charge in [0.1, 0.15) is 11.6 Å². The summed E-state index contributed by atoms with van der Waals surface area (Å²) >= 11 is 0. The van der Waals surface area contributed by atoms with E-state index in [0.717, 1.165) is 12.3 Å². The van der Waals surface area contributed by atoms with Crippen LogP contribution >= 0.6 is 0 Å². The molecule has 0 radical (unpaired) electrons. The van der Waals surface area contributed by atoms with E-state index in [1.54, 1.807) is 18.2 Å². The van der Waals surface area contributed by atoms with E-state index in [1.807, 2.05) is 0 Å². The van der Waals surface area contributed by atoms with E-state index in [-0.39, 0.29) is 16.2 Å². The SMILES string of the molecule is CS(=O)(=O)c1ccc(-c2ccccc2O)c(F)c1. The van der Waals surface area contributed by atoms with Crippen molar-refractivity contribution < 1.29 is 17.9 Å². The predicted octanol–water partition coefficient (Wildman–Crippen LogP) is 2.60. The molecule has 0 saturated carbocycles. The third kappa shape index (κ3) is 2.36. The number of hydrogen-bond donors (Lipinski definition) is 1. The molecule has 0 aliphatic heterocycles. The minimum Gasteiger partial charge on any atom is -0.507 e. The van der Waals surface area contributed by atoms with Crippen molar-refractivity contribution in [3.63, 3.8) is 0 Å². The molecule has 0 fully saturated rings. The van der Waals surface area contributed by atoms with Crippen LogP contribution < -0.4 is 0 Å². The summed E-state index contributed by atoms with van der Waals surface area (Å²) in [6.45, 7) is 0. The van der Waals surface area contributed by atoms with E-state index >= 15 is 0 Å². The summed E-state index contributed by atoms with van der Waals surface area (Å²) in [5.41, 5.74) is 0.496. The van der Waals surface area contributed by atoms with Crippen molar-refractivity contribution in [2.45, 2.75) is 4.90 Å². The Morgan fingerprint density at radius 1 is 1.06 bits per heavy atom. The molecule has 0 bridgehead atoms. The summed E-state index contributed by atoms with van der Waals surface area (Å²) in [4.78, 5) is -0.0841. The highest BCUT2D eigenvalue weighted by Crippen LogP contribution is 2.31. The summed E-state index contributed by atoms with van der Waals surface area (Å²) in [5.74, 6) is -0.733. The van der Waals surface area contributed by atoms with Gasteiger partial charge in [-0.2, -0.15) is 0 Å². The molecule has 0 aromatic heterocycles. The number of phenols is 1. The second-order valence-corrected chi connectivity index (χ2v) is 5.95. The lowest BCUT2D eigenvalue weighted by atomic mass is 10.0. The maximum Gasteiger partial charge on any atom is 0.175 e. The first-order chi connectivity index (χ1) is 8.39. The highest BCUT2D eigenvalue weighted by Gasteiger charge is 2.13. The van der Waals surface area contributed by atoms with Gasteiger partial charge in [0.15, 0.2) is 9.84 Å². The van der Waals surface area contributed by atoms with Crippen molar-refractivity contribution in [2.24, 2.45) is 0 Å². The lowest BCUT2D eigenvalue weighted by Gasteiger charge is -2.07. The van der Waals surface area contributed by atoms with Crippen LogP contribution in [0.15, 0.2) is 47.4 Å². The zero-order valence-electron chi connectivity index (χ0n) is 9.59. The molecule has 2 rings (SSSR count). The van der Waals surface area contributed by atoms with Crippen LogP contribution in [0, 0.1) is 5.82 Å². The van der Waals surface area contributed by atoms with Crippen LogP contribution in [0.2, 0.25) is 0 Å². The Bertz CT molecular complexity index is 693. The molecule has 18 heavy (non-hydrogen) atoms. The molecule has 0 aliphatic rings. The number of aromatic hydroxyl groups is 1. The van der Waals surface area contributed by atoms with Gasteiger partial charge in [0.25, 0.3) is 0 Å². The third-order valence-corrected chi connectivity index (χ3v) is 3.67. The zero-order valence-corrected chi connectivity index (χ0v) is 10.4. The van der Waals surface area contributed by atoms with E-state index in [0.29, 0.717) is 5.56 Å². The third-order valence-electron chi connectivity index (χ3n) is 2.56. The monoisotopic (exact) mass is 266 g/mol. The van der Waals surface area contributed by atoms with Crippen molar-refractivity contribution in [1.82, 2.24) is 0 Å². The number of halogens is 1. The molecular formula is C13H11FO3S. The number of benzene rings is 2. The summed E-state index contributed by atoms with van der Waals surface area (Å²) in [6, 6.07) is 9.92. The Balaban J connectivity index is 2.59. The van der Waals surface area contributed by atoms with Crippen molar-refractivity contribution in [2.75, 3.05) is 6.26 Å². The fourth-order valence-corrected chi connectivity index (χ4v) is 2.28. The fourth-order valence-electron chi connectivity index (χ4n) is 1.65. The smallest absolute Gasteiger partial charge is 0.175 e. The largest absolute Gasteiger partial charge is 0.507 e. The van der Waals surface area contributed by atoms with Gasteiger partial charge in [-0.1, -0.05) is 24.3 Å². The average molecular weight is 266 g/mol. The number of rotatable bonds is 2. The number of hydrogen-bond acceptors (Lipinski definition) is 3. The van der Waals surface area contributed by atoms with Crippen molar-refractivity contribution in [3.8, 4) is 16.9 Å². The Morgan fingerprint density at radius 3 is 2.28 bits per heavy atom. The van der Waals surface area contributed by atoms with Crippen LogP contribution in [-0.4, -0.2) is 19.8 Å².